The van der Waals surface area contributed by atoms with Gasteiger partial charge in [0.25, 0.3) is 0 Å². The number of benzene rings is 2. The molecule has 0 bridgehead atoms. The molecule has 2 aliphatic heterocycles. The standard InChI is InChI=1S/C26H37N3OSi/c1-31(2,3)30-22-21-28-19-17-27(18-20-28)15-8-16-29-25-11-6-4-9-23(25)13-14-24-10-5-7-12-26(24)29/h4-7,9-14H,8,15-22H2,1-3H3. The number of para-hydroxylation sites is 2. The fraction of sp³-hybridized carbons (Fsp3) is 0.462. The van der Waals surface area contributed by atoms with E-state index in [9.17, 15) is 0 Å². The molecule has 31 heavy (non-hydrogen) atoms. The Morgan fingerprint density at radius 3 is 1.77 bits per heavy atom. The predicted octanol–water partition coefficient (Wildman–Crippen LogP) is 5.17. The maximum atomic E-state index is 6.03. The van der Waals surface area contributed by atoms with Crippen LogP contribution in [0, 0.1) is 0 Å². The molecule has 0 N–H and O–H groups in total. The number of anilines is 2. The lowest BCUT2D eigenvalue weighted by atomic mass is 10.1. The minimum absolute atomic E-state index is 0.886. The zero-order valence-electron chi connectivity index (χ0n) is 19.4. The Morgan fingerprint density at radius 1 is 0.710 bits per heavy atom. The summed E-state index contributed by atoms with van der Waals surface area (Å²) in [7, 11) is -1.39. The van der Waals surface area contributed by atoms with Crippen LogP contribution in [0.5, 0.6) is 0 Å². The number of hydrogen-bond acceptors (Lipinski definition) is 4. The topological polar surface area (TPSA) is 19.0 Å². The first-order chi connectivity index (χ1) is 15.0. The fourth-order valence-corrected chi connectivity index (χ4v) is 5.17. The minimum Gasteiger partial charge on any atom is -0.416 e. The highest BCUT2D eigenvalue weighted by Crippen LogP contribution is 2.36. The first-order valence-electron chi connectivity index (χ1n) is 11.7. The van der Waals surface area contributed by atoms with Crippen molar-refractivity contribution < 1.29 is 4.43 Å². The lowest BCUT2D eigenvalue weighted by Crippen LogP contribution is -2.48. The van der Waals surface area contributed by atoms with Gasteiger partial charge in [-0.2, -0.15) is 0 Å². The molecule has 0 amide bonds. The zero-order chi connectivity index (χ0) is 21.7. The Bertz CT molecular complexity index is 835. The number of hydrogen-bond donors (Lipinski definition) is 0. The van der Waals surface area contributed by atoms with Gasteiger partial charge < -0.3 is 14.2 Å². The lowest BCUT2D eigenvalue weighted by molar-refractivity contribution is 0.115. The van der Waals surface area contributed by atoms with E-state index in [2.05, 4.69) is 95.0 Å². The zero-order valence-corrected chi connectivity index (χ0v) is 20.4. The SMILES string of the molecule is C[Si](C)(C)OCCN1CCN(CCCN2c3ccccc3C=Cc3ccccc32)CC1. The van der Waals surface area contributed by atoms with Crippen LogP contribution >= 0.6 is 0 Å². The summed E-state index contributed by atoms with van der Waals surface area (Å²) < 4.78 is 6.03. The second-order valence-electron chi connectivity index (χ2n) is 9.60. The van der Waals surface area contributed by atoms with Crippen LogP contribution < -0.4 is 4.90 Å². The first-order valence-corrected chi connectivity index (χ1v) is 15.1. The number of nitrogens with zero attached hydrogens (tertiary/aromatic N) is 3. The molecule has 2 aliphatic rings. The summed E-state index contributed by atoms with van der Waals surface area (Å²) in [6.45, 7) is 15.6. The second kappa shape index (κ2) is 10.1. The van der Waals surface area contributed by atoms with E-state index in [1.54, 1.807) is 0 Å². The highest BCUT2D eigenvalue weighted by atomic mass is 28.4. The van der Waals surface area contributed by atoms with Crippen molar-refractivity contribution in [1.29, 1.82) is 0 Å². The molecule has 4 nitrogen and oxygen atoms in total. The van der Waals surface area contributed by atoms with Gasteiger partial charge in [-0.05, 0) is 55.9 Å². The molecule has 0 aliphatic carbocycles. The van der Waals surface area contributed by atoms with Crippen molar-refractivity contribution in [2.75, 3.05) is 57.3 Å². The van der Waals surface area contributed by atoms with Gasteiger partial charge >= 0.3 is 0 Å². The fourth-order valence-electron chi connectivity index (χ4n) is 4.47. The van der Waals surface area contributed by atoms with Crippen molar-refractivity contribution in [3.8, 4) is 0 Å². The summed E-state index contributed by atoms with van der Waals surface area (Å²) in [6.07, 6.45) is 5.67. The van der Waals surface area contributed by atoms with E-state index in [1.165, 1.54) is 42.0 Å². The van der Waals surface area contributed by atoms with Gasteiger partial charge in [-0.25, -0.2) is 0 Å². The molecule has 1 saturated heterocycles. The van der Waals surface area contributed by atoms with Gasteiger partial charge in [0.15, 0.2) is 8.32 Å². The molecule has 0 spiro atoms. The van der Waals surface area contributed by atoms with Crippen molar-refractivity contribution in [3.05, 3.63) is 59.7 Å². The molecule has 0 atom stereocenters. The minimum atomic E-state index is -1.39. The quantitative estimate of drug-likeness (QED) is 0.533. The van der Waals surface area contributed by atoms with Crippen LogP contribution in [0.3, 0.4) is 0 Å². The molecule has 0 radical (unpaired) electrons. The molecule has 2 aromatic rings. The molecule has 0 unspecified atom stereocenters. The summed E-state index contributed by atoms with van der Waals surface area (Å²) in [4.78, 5) is 7.70. The van der Waals surface area contributed by atoms with Gasteiger partial charge in [0.1, 0.15) is 0 Å². The molecular formula is C26H37N3OSi. The van der Waals surface area contributed by atoms with Crippen molar-refractivity contribution in [2.24, 2.45) is 0 Å². The number of piperazine rings is 1. The van der Waals surface area contributed by atoms with E-state index in [0.717, 1.165) is 39.3 Å². The Labute approximate surface area is 189 Å². The third-order valence-corrected chi connectivity index (χ3v) is 7.23. The van der Waals surface area contributed by atoms with Crippen molar-refractivity contribution >= 4 is 31.8 Å². The lowest BCUT2D eigenvalue weighted by Gasteiger charge is -2.35. The molecule has 1 fully saturated rings. The summed E-state index contributed by atoms with van der Waals surface area (Å²) >= 11 is 0. The highest BCUT2D eigenvalue weighted by molar-refractivity contribution is 6.69. The normalized spacial score (nSPS) is 17.3. The van der Waals surface area contributed by atoms with E-state index in [0.29, 0.717) is 0 Å². The van der Waals surface area contributed by atoms with Crippen LogP contribution in [-0.2, 0) is 4.43 Å². The highest BCUT2D eigenvalue weighted by Gasteiger charge is 2.20. The first kappa shape index (κ1) is 22.3. The van der Waals surface area contributed by atoms with E-state index in [4.69, 9.17) is 4.43 Å². The maximum Gasteiger partial charge on any atom is 0.183 e. The average molecular weight is 436 g/mol. The Balaban J connectivity index is 1.29. The monoisotopic (exact) mass is 435 g/mol. The van der Waals surface area contributed by atoms with E-state index >= 15 is 0 Å². The molecule has 4 rings (SSSR count). The Hall–Kier alpha value is -1.92. The number of rotatable bonds is 8. The molecule has 2 heterocycles. The van der Waals surface area contributed by atoms with Gasteiger partial charge in [-0.1, -0.05) is 48.6 Å². The summed E-state index contributed by atoms with van der Waals surface area (Å²) in [5, 5.41) is 0. The molecule has 5 heteroatoms. The predicted molar refractivity (Wildman–Crippen MR) is 136 cm³/mol. The van der Waals surface area contributed by atoms with Crippen molar-refractivity contribution in [3.63, 3.8) is 0 Å². The molecule has 0 aromatic heterocycles. The van der Waals surface area contributed by atoms with E-state index in [-0.39, 0.29) is 0 Å². The van der Waals surface area contributed by atoms with Crippen LogP contribution in [0.4, 0.5) is 11.4 Å². The van der Waals surface area contributed by atoms with Crippen LogP contribution in [0.2, 0.25) is 19.6 Å². The van der Waals surface area contributed by atoms with Crippen molar-refractivity contribution in [2.45, 2.75) is 26.1 Å². The summed E-state index contributed by atoms with van der Waals surface area (Å²) in [5.41, 5.74) is 5.23. The third-order valence-electron chi connectivity index (χ3n) is 6.16. The van der Waals surface area contributed by atoms with Gasteiger partial charge in [0, 0.05) is 57.3 Å². The summed E-state index contributed by atoms with van der Waals surface area (Å²) in [5.74, 6) is 0. The van der Waals surface area contributed by atoms with E-state index < -0.39 is 8.32 Å². The Kier molecular flexibility index (Phi) is 7.28. The van der Waals surface area contributed by atoms with Gasteiger partial charge in [-0.3, -0.25) is 4.90 Å². The van der Waals surface area contributed by atoms with Gasteiger partial charge in [0.05, 0.1) is 0 Å². The van der Waals surface area contributed by atoms with Crippen molar-refractivity contribution in [1.82, 2.24) is 9.80 Å². The summed E-state index contributed by atoms with van der Waals surface area (Å²) in [6, 6.07) is 17.5. The van der Waals surface area contributed by atoms with Crippen LogP contribution in [0.15, 0.2) is 48.5 Å². The third kappa shape index (κ3) is 6.07. The van der Waals surface area contributed by atoms with Crippen LogP contribution in [0.25, 0.3) is 12.2 Å². The molecule has 166 valence electrons. The van der Waals surface area contributed by atoms with Gasteiger partial charge in [-0.15, -0.1) is 0 Å². The number of fused-ring (bicyclic) bond motifs is 2. The van der Waals surface area contributed by atoms with Gasteiger partial charge in [0.2, 0.25) is 0 Å². The molecular weight excluding hydrogens is 398 g/mol. The molecule has 0 saturated carbocycles. The average Bonchev–Trinajstić information content (AvgIpc) is 2.91. The van der Waals surface area contributed by atoms with E-state index in [1.807, 2.05) is 0 Å². The smallest absolute Gasteiger partial charge is 0.183 e. The maximum absolute atomic E-state index is 6.03. The van der Waals surface area contributed by atoms with Crippen LogP contribution in [0.1, 0.15) is 17.5 Å². The Morgan fingerprint density at radius 2 is 1.23 bits per heavy atom. The van der Waals surface area contributed by atoms with Crippen LogP contribution in [-0.4, -0.2) is 70.5 Å². The molecule has 2 aromatic carbocycles. The second-order valence-corrected chi connectivity index (χ2v) is 14.1. The largest absolute Gasteiger partial charge is 0.416 e.